The molecule has 0 unspecified atom stereocenters. The van der Waals surface area contributed by atoms with Crippen LogP contribution in [-0.2, 0) is 10.0 Å². The number of amides is 1. The lowest BCUT2D eigenvalue weighted by Gasteiger charge is -2.34. The molecule has 0 radical (unpaired) electrons. The van der Waals surface area contributed by atoms with Gasteiger partial charge in [0, 0.05) is 42.3 Å². The molecule has 1 amide bonds. The molecule has 7 nitrogen and oxygen atoms in total. The van der Waals surface area contributed by atoms with Crippen molar-refractivity contribution in [3.8, 4) is 11.5 Å². The largest absolute Gasteiger partial charge is 0.493 e. The molecule has 0 bridgehead atoms. The highest BCUT2D eigenvalue weighted by molar-refractivity contribution is 9.10. The maximum atomic E-state index is 13.1. The van der Waals surface area contributed by atoms with Gasteiger partial charge in [0.15, 0.2) is 11.5 Å². The predicted octanol–water partition coefficient (Wildman–Crippen LogP) is 2.75. The normalized spacial score (nSPS) is 15.2. The van der Waals surface area contributed by atoms with Crippen molar-refractivity contribution in [1.82, 2.24) is 9.21 Å². The quantitative estimate of drug-likeness (QED) is 0.649. The first-order valence-electron chi connectivity index (χ1n) is 8.74. The number of nitrogens with zero attached hydrogens (tertiary/aromatic N) is 2. The number of ether oxygens (including phenoxy) is 2. The van der Waals surface area contributed by atoms with Crippen LogP contribution in [0.2, 0.25) is 0 Å². The fourth-order valence-corrected chi connectivity index (χ4v) is 5.50. The highest BCUT2D eigenvalue weighted by Gasteiger charge is 2.32. The van der Waals surface area contributed by atoms with E-state index in [9.17, 15) is 17.6 Å². The summed E-state index contributed by atoms with van der Waals surface area (Å²) in [6.07, 6.45) is 0. The average molecular weight is 487 g/mol. The third kappa shape index (κ3) is 4.39. The molecule has 1 saturated heterocycles. The van der Waals surface area contributed by atoms with Gasteiger partial charge in [-0.05, 0) is 46.3 Å². The van der Waals surface area contributed by atoms with Gasteiger partial charge in [0.2, 0.25) is 10.0 Å². The van der Waals surface area contributed by atoms with Gasteiger partial charge in [0.05, 0.1) is 14.2 Å². The van der Waals surface area contributed by atoms with Gasteiger partial charge in [-0.3, -0.25) is 4.79 Å². The smallest absolute Gasteiger partial charge is 0.253 e. The maximum Gasteiger partial charge on any atom is 0.253 e. The Balaban J connectivity index is 1.76. The zero-order valence-corrected chi connectivity index (χ0v) is 18.3. The second kappa shape index (κ2) is 8.68. The molecule has 3 rings (SSSR count). The van der Waals surface area contributed by atoms with E-state index in [2.05, 4.69) is 15.9 Å². The first-order valence-corrected chi connectivity index (χ1v) is 11.0. The number of methoxy groups -OCH3 is 2. The van der Waals surface area contributed by atoms with Gasteiger partial charge in [0.25, 0.3) is 5.91 Å². The van der Waals surface area contributed by atoms with Gasteiger partial charge in [-0.2, -0.15) is 4.31 Å². The van der Waals surface area contributed by atoms with E-state index in [1.54, 1.807) is 11.0 Å². The molecule has 10 heteroatoms. The fourth-order valence-electron chi connectivity index (χ4n) is 3.08. The van der Waals surface area contributed by atoms with Gasteiger partial charge in [0.1, 0.15) is 10.7 Å². The Hall–Kier alpha value is -2.17. The average Bonchev–Trinajstić information content (AvgIpc) is 2.73. The van der Waals surface area contributed by atoms with Crippen LogP contribution in [0.4, 0.5) is 4.39 Å². The molecular weight excluding hydrogens is 467 g/mol. The number of hydrogen-bond acceptors (Lipinski definition) is 5. The molecule has 2 aromatic carbocycles. The summed E-state index contributed by atoms with van der Waals surface area (Å²) in [6.45, 7) is 0.771. The number of rotatable bonds is 5. The van der Waals surface area contributed by atoms with Crippen LogP contribution in [0.5, 0.6) is 11.5 Å². The lowest BCUT2D eigenvalue weighted by atomic mass is 10.2. The molecule has 1 aliphatic rings. The lowest BCUT2D eigenvalue weighted by Crippen LogP contribution is -2.50. The van der Waals surface area contributed by atoms with E-state index in [4.69, 9.17) is 9.47 Å². The molecule has 0 aliphatic carbocycles. The molecule has 0 spiro atoms. The third-order valence-corrected chi connectivity index (χ3v) is 7.53. The van der Waals surface area contributed by atoms with Gasteiger partial charge in [-0.25, -0.2) is 12.8 Å². The van der Waals surface area contributed by atoms with Crippen molar-refractivity contribution < 1.29 is 27.1 Å². The lowest BCUT2D eigenvalue weighted by molar-refractivity contribution is 0.0698. The van der Waals surface area contributed by atoms with Crippen molar-refractivity contribution in [3.05, 3.63) is 52.3 Å². The summed E-state index contributed by atoms with van der Waals surface area (Å²) < 4.78 is 51.4. The summed E-state index contributed by atoms with van der Waals surface area (Å²) in [5.74, 6) is 0.0414. The van der Waals surface area contributed by atoms with Crippen molar-refractivity contribution >= 4 is 31.9 Å². The minimum atomic E-state index is -3.81. The van der Waals surface area contributed by atoms with Crippen LogP contribution in [0, 0.1) is 5.82 Å². The third-order valence-electron chi connectivity index (χ3n) is 4.67. The van der Waals surface area contributed by atoms with Gasteiger partial charge in [-0.15, -0.1) is 0 Å². The number of piperazine rings is 1. The van der Waals surface area contributed by atoms with Crippen molar-refractivity contribution in [3.63, 3.8) is 0 Å². The van der Waals surface area contributed by atoms with E-state index in [1.165, 1.54) is 48.9 Å². The first kappa shape index (κ1) is 21.5. The molecule has 156 valence electrons. The van der Waals surface area contributed by atoms with Crippen LogP contribution < -0.4 is 9.47 Å². The molecule has 29 heavy (non-hydrogen) atoms. The first-order chi connectivity index (χ1) is 13.8. The number of carbonyl (C=O) groups is 1. The van der Waals surface area contributed by atoms with Crippen LogP contribution in [0.1, 0.15) is 10.4 Å². The fraction of sp³-hybridized carbons (Fsp3) is 0.316. The molecule has 2 aromatic rings. The van der Waals surface area contributed by atoms with Crippen LogP contribution in [-0.4, -0.2) is 63.9 Å². The second-order valence-electron chi connectivity index (χ2n) is 6.34. The minimum Gasteiger partial charge on any atom is -0.493 e. The predicted molar refractivity (Wildman–Crippen MR) is 108 cm³/mol. The Bertz CT molecular complexity index is 1010. The molecule has 1 heterocycles. The van der Waals surface area contributed by atoms with Crippen LogP contribution in [0.15, 0.2) is 45.8 Å². The number of benzene rings is 2. The Morgan fingerprint density at radius 3 is 2.10 bits per heavy atom. The molecular formula is C19H20BrFN2O5S. The summed E-state index contributed by atoms with van der Waals surface area (Å²) in [4.78, 5) is 14.2. The van der Waals surface area contributed by atoms with Gasteiger partial charge < -0.3 is 14.4 Å². The summed E-state index contributed by atoms with van der Waals surface area (Å²) in [5, 5.41) is 0. The van der Waals surface area contributed by atoms with Crippen LogP contribution in [0.25, 0.3) is 0 Å². The van der Waals surface area contributed by atoms with Crippen molar-refractivity contribution in [1.29, 1.82) is 0 Å². The summed E-state index contributed by atoms with van der Waals surface area (Å²) in [6, 6.07) is 8.24. The second-order valence-corrected chi connectivity index (χ2v) is 9.10. The number of sulfonamides is 1. The molecule has 1 aliphatic heterocycles. The summed E-state index contributed by atoms with van der Waals surface area (Å²) in [7, 11) is -0.906. The van der Waals surface area contributed by atoms with Crippen molar-refractivity contribution in [2.24, 2.45) is 0 Å². The summed E-state index contributed by atoms with van der Waals surface area (Å²) >= 11 is 3.29. The summed E-state index contributed by atoms with van der Waals surface area (Å²) in [5.41, 5.74) is 0.366. The van der Waals surface area contributed by atoms with Crippen molar-refractivity contribution in [2.45, 2.75) is 4.90 Å². The van der Waals surface area contributed by atoms with E-state index in [0.717, 1.165) is 0 Å². The Morgan fingerprint density at radius 2 is 1.55 bits per heavy atom. The molecule has 0 aromatic heterocycles. The standard InChI is InChI=1S/C19H20BrFN2O5S/c1-27-16-11-15(20)18(12-17(16)28-2)29(25,26)23-9-7-22(8-10-23)19(24)13-3-5-14(21)6-4-13/h3-6,11-12H,7-10H2,1-2H3. The zero-order chi connectivity index (χ0) is 21.2. The Kier molecular flexibility index (Phi) is 6.45. The minimum absolute atomic E-state index is 0.0634. The monoisotopic (exact) mass is 486 g/mol. The molecule has 0 saturated carbocycles. The van der Waals surface area contributed by atoms with E-state index >= 15 is 0 Å². The van der Waals surface area contributed by atoms with E-state index in [1.807, 2.05) is 0 Å². The van der Waals surface area contributed by atoms with Crippen molar-refractivity contribution in [2.75, 3.05) is 40.4 Å². The van der Waals surface area contributed by atoms with Crippen LogP contribution >= 0.6 is 15.9 Å². The van der Waals surface area contributed by atoms with E-state index in [0.29, 0.717) is 21.5 Å². The highest BCUT2D eigenvalue weighted by atomic mass is 79.9. The highest BCUT2D eigenvalue weighted by Crippen LogP contribution is 2.36. The number of carbonyl (C=O) groups excluding carboxylic acids is 1. The topological polar surface area (TPSA) is 76.2 Å². The van der Waals surface area contributed by atoms with E-state index < -0.39 is 15.8 Å². The number of halogens is 2. The van der Waals surface area contributed by atoms with E-state index in [-0.39, 0.29) is 37.0 Å². The number of hydrogen-bond donors (Lipinski definition) is 0. The molecule has 1 fully saturated rings. The van der Waals surface area contributed by atoms with Gasteiger partial charge >= 0.3 is 0 Å². The Morgan fingerprint density at radius 1 is 1.00 bits per heavy atom. The maximum absolute atomic E-state index is 13.1. The van der Waals surface area contributed by atoms with Crippen LogP contribution in [0.3, 0.4) is 0 Å². The Labute approximate surface area is 177 Å². The molecule has 0 atom stereocenters. The van der Waals surface area contributed by atoms with Gasteiger partial charge in [-0.1, -0.05) is 0 Å². The molecule has 0 N–H and O–H groups in total. The zero-order valence-electron chi connectivity index (χ0n) is 15.9. The SMILES string of the molecule is COc1cc(Br)c(S(=O)(=O)N2CCN(C(=O)c3ccc(F)cc3)CC2)cc1OC.